The summed E-state index contributed by atoms with van der Waals surface area (Å²) in [6.07, 6.45) is 5.79. The van der Waals surface area contributed by atoms with Gasteiger partial charge in [0.1, 0.15) is 11.6 Å². The summed E-state index contributed by atoms with van der Waals surface area (Å²) in [5.74, 6) is -0.364. The maximum absolute atomic E-state index is 13.3. The van der Waals surface area contributed by atoms with Gasteiger partial charge in [0.05, 0.1) is 0 Å². The van der Waals surface area contributed by atoms with Gasteiger partial charge in [0.2, 0.25) is 0 Å². The highest BCUT2D eigenvalue weighted by Crippen LogP contribution is 2.39. The fourth-order valence-corrected chi connectivity index (χ4v) is 3.59. The maximum atomic E-state index is 13.3. The summed E-state index contributed by atoms with van der Waals surface area (Å²) in [6.45, 7) is 6.84. The van der Waals surface area contributed by atoms with Gasteiger partial charge in [-0.3, -0.25) is 0 Å². The molecule has 1 aromatic rings. The van der Waals surface area contributed by atoms with Crippen LogP contribution in [0.2, 0.25) is 0 Å². The molecule has 1 nitrogen and oxygen atoms in total. The predicted molar refractivity (Wildman–Crippen MR) is 83.0 cm³/mol. The van der Waals surface area contributed by atoms with Crippen LogP contribution in [-0.2, 0) is 6.42 Å². The lowest BCUT2D eigenvalue weighted by Gasteiger charge is -2.31. The zero-order chi connectivity index (χ0) is 15.7. The summed E-state index contributed by atoms with van der Waals surface area (Å²) < 4.78 is 26.6. The van der Waals surface area contributed by atoms with Crippen LogP contribution in [0.5, 0.6) is 0 Å². The summed E-state index contributed by atoms with van der Waals surface area (Å²) in [5.41, 5.74) is 7.19. The van der Waals surface area contributed by atoms with Gasteiger partial charge < -0.3 is 5.73 Å². The minimum Gasteiger partial charge on any atom is -0.325 e. The molecule has 2 atom stereocenters. The van der Waals surface area contributed by atoms with Gasteiger partial charge in [0, 0.05) is 11.6 Å². The Morgan fingerprint density at radius 1 is 1.10 bits per heavy atom. The number of hydrogen-bond donors (Lipinski definition) is 1. The van der Waals surface area contributed by atoms with E-state index in [-0.39, 0.29) is 5.54 Å². The van der Waals surface area contributed by atoms with Crippen molar-refractivity contribution in [3.8, 4) is 0 Å². The average molecular weight is 295 g/mol. The van der Waals surface area contributed by atoms with E-state index in [0.717, 1.165) is 31.7 Å². The molecular formula is C18H27F2N. The monoisotopic (exact) mass is 295 g/mol. The van der Waals surface area contributed by atoms with Gasteiger partial charge in [-0.05, 0) is 61.1 Å². The molecule has 0 radical (unpaired) electrons. The molecule has 0 heterocycles. The molecule has 21 heavy (non-hydrogen) atoms. The van der Waals surface area contributed by atoms with Gasteiger partial charge >= 0.3 is 0 Å². The molecular weight excluding hydrogens is 268 g/mol. The van der Waals surface area contributed by atoms with Crippen LogP contribution < -0.4 is 5.73 Å². The molecule has 1 aliphatic rings. The molecule has 118 valence electrons. The molecule has 0 saturated heterocycles. The van der Waals surface area contributed by atoms with E-state index in [2.05, 4.69) is 20.8 Å². The largest absolute Gasteiger partial charge is 0.325 e. The lowest BCUT2D eigenvalue weighted by Crippen LogP contribution is -2.41. The number of rotatable bonds is 2. The predicted octanol–water partition coefficient (Wildman–Crippen LogP) is 4.83. The average Bonchev–Trinajstić information content (AvgIpc) is 2.49. The first kappa shape index (κ1) is 16.4. The Morgan fingerprint density at radius 2 is 1.71 bits per heavy atom. The summed E-state index contributed by atoms with van der Waals surface area (Å²) in [6, 6.07) is 3.73. The van der Waals surface area contributed by atoms with Gasteiger partial charge in [-0.2, -0.15) is 0 Å². The third kappa shape index (κ3) is 4.50. The Kier molecular flexibility index (Phi) is 4.72. The highest BCUT2D eigenvalue weighted by Gasteiger charge is 2.33. The Bertz CT molecular complexity index is 472. The summed E-state index contributed by atoms with van der Waals surface area (Å²) in [5, 5.41) is 0. The van der Waals surface area contributed by atoms with Crippen LogP contribution >= 0.6 is 0 Å². The molecule has 2 N–H and O–H groups in total. The summed E-state index contributed by atoms with van der Waals surface area (Å²) in [4.78, 5) is 0. The first-order chi connectivity index (χ1) is 9.68. The Morgan fingerprint density at radius 3 is 2.29 bits per heavy atom. The number of hydrogen-bond acceptors (Lipinski definition) is 1. The second-order valence-corrected chi connectivity index (χ2v) is 7.81. The molecule has 0 aliphatic heterocycles. The van der Waals surface area contributed by atoms with E-state index in [9.17, 15) is 8.78 Å². The third-order valence-corrected chi connectivity index (χ3v) is 4.92. The Labute approximate surface area is 126 Å². The molecule has 3 heteroatoms. The quantitative estimate of drug-likeness (QED) is 0.777. The minimum atomic E-state index is -0.519. The molecule has 1 fully saturated rings. The smallest absolute Gasteiger partial charge is 0.126 e. The van der Waals surface area contributed by atoms with Crippen molar-refractivity contribution in [3.05, 3.63) is 35.4 Å². The molecule has 1 aromatic carbocycles. The first-order valence-electron chi connectivity index (χ1n) is 7.92. The van der Waals surface area contributed by atoms with Crippen molar-refractivity contribution in [2.75, 3.05) is 0 Å². The topological polar surface area (TPSA) is 26.0 Å². The van der Waals surface area contributed by atoms with Crippen LogP contribution in [0.4, 0.5) is 8.78 Å². The molecule has 2 rings (SSSR count). The fraction of sp³-hybridized carbons (Fsp3) is 0.667. The molecule has 1 saturated carbocycles. The van der Waals surface area contributed by atoms with Crippen molar-refractivity contribution in [1.82, 2.24) is 0 Å². The van der Waals surface area contributed by atoms with Crippen LogP contribution in [0.25, 0.3) is 0 Å². The first-order valence-corrected chi connectivity index (χ1v) is 7.92. The van der Waals surface area contributed by atoms with Crippen molar-refractivity contribution in [2.24, 2.45) is 17.1 Å². The van der Waals surface area contributed by atoms with Crippen LogP contribution in [0.1, 0.15) is 58.4 Å². The lowest BCUT2D eigenvalue weighted by atomic mass is 9.76. The van der Waals surface area contributed by atoms with Gasteiger partial charge in [0.15, 0.2) is 0 Å². The van der Waals surface area contributed by atoms with Crippen LogP contribution in [0, 0.1) is 23.0 Å². The second-order valence-electron chi connectivity index (χ2n) is 7.81. The SMILES string of the molecule is CC(C)(C)C1CCCC(N)(Cc2cc(F)cc(F)c2)CC1. The van der Waals surface area contributed by atoms with Crippen LogP contribution in [0.15, 0.2) is 18.2 Å². The number of benzene rings is 1. The van der Waals surface area contributed by atoms with E-state index in [4.69, 9.17) is 5.73 Å². The van der Waals surface area contributed by atoms with E-state index in [1.807, 2.05) is 0 Å². The maximum Gasteiger partial charge on any atom is 0.126 e. The van der Waals surface area contributed by atoms with Gasteiger partial charge in [-0.1, -0.05) is 27.2 Å². The van der Waals surface area contributed by atoms with E-state index >= 15 is 0 Å². The molecule has 0 spiro atoms. The van der Waals surface area contributed by atoms with Gasteiger partial charge in [-0.15, -0.1) is 0 Å². The molecule has 0 amide bonds. The van der Waals surface area contributed by atoms with E-state index in [0.29, 0.717) is 23.3 Å². The van der Waals surface area contributed by atoms with Crippen LogP contribution in [-0.4, -0.2) is 5.54 Å². The lowest BCUT2D eigenvalue weighted by molar-refractivity contribution is 0.210. The summed E-state index contributed by atoms with van der Waals surface area (Å²) >= 11 is 0. The van der Waals surface area contributed by atoms with Crippen molar-refractivity contribution < 1.29 is 8.78 Å². The highest BCUT2D eigenvalue weighted by atomic mass is 19.1. The molecule has 0 aromatic heterocycles. The molecule has 2 unspecified atom stereocenters. The van der Waals surface area contributed by atoms with Crippen molar-refractivity contribution in [1.29, 1.82) is 0 Å². The van der Waals surface area contributed by atoms with Crippen molar-refractivity contribution >= 4 is 0 Å². The number of nitrogens with two attached hydrogens (primary N) is 1. The summed E-state index contributed by atoms with van der Waals surface area (Å²) in [7, 11) is 0. The van der Waals surface area contributed by atoms with E-state index in [1.165, 1.54) is 18.6 Å². The number of halogens is 2. The second kappa shape index (κ2) is 6.04. The van der Waals surface area contributed by atoms with Gasteiger partial charge in [-0.25, -0.2) is 8.78 Å². The Balaban J connectivity index is 2.08. The van der Waals surface area contributed by atoms with Gasteiger partial charge in [0.25, 0.3) is 0 Å². The zero-order valence-corrected chi connectivity index (χ0v) is 13.4. The normalized spacial score (nSPS) is 27.4. The van der Waals surface area contributed by atoms with Crippen molar-refractivity contribution in [2.45, 2.75) is 64.8 Å². The minimum absolute atomic E-state index is 0.302. The zero-order valence-electron chi connectivity index (χ0n) is 13.4. The standard InChI is InChI=1S/C18H27F2N/c1-17(2,3)14-5-4-7-18(21,8-6-14)12-13-9-15(19)11-16(20)10-13/h9-11,14H,4-8,12,21H2,1-3H3. The van der Waals surface area contributed by atoms with E-state index < -0.39 is 11.6 Å². The highest BCUT2D eigenvalue weighted by molar-refractivity contribution is 5.20. The molecule has 0 bridgehead atoms. The third-order valence-electron chi connectivity index (χ3n) is 4.92. The van der Waals surface area contributed by atoms with Crippen LogP contribution in [0.3, 0.4) is 0 Å². The van der Waals surface area contributed by atoms with Crippen molar-refractivity contribution in [3.63, 3.8) is 0 Å². The Hall–Kier alpha value is -0.960. The molecule has 1 aliphatic carbocycles. The van der Waals surface area contributed by atoms with E-state index in [1.54, 1.807) is 0 Å². The fourth-order valence-electron chi connectivity index (χ4n) is 3.59.